The molecule has 3 aromatic rings. The third kappa shape index (κ3) is 4.14. The summed E-state index contributed by atoms with van der Waals surface area (Å²) in [7, 11) is 1.60. The fourth-order valence-corrected chi connectivity index (χ4v) is 4.72. The third-order valence-corrected chi connectivity index (χ3v) is 6.10. The minimum atomic E-state index is -0.268. The topological polar surface area (TPSA) is 80.3 Å². The summed E-state index contributed by atoms with van der Waals surface area (Å²) >= 11 is 1.50. The van der Waals surface area contributed by atoms with Crippen LogP contribution in [0.3, 0.4) is 0 Å². The summed E-state index contributed by atoms with van der Waals surface area (Å²) in [4.78, 5) is 31.0. The van der Waals surface area contributed by atoms with E-state index in [1.807, 2.05) is 0 Å². The van der Waals surface area contributed by atoms with Gasteiger partial charge in [0.15, 0.2) is 0 Å². The molecule has 2 heterocycles. The van der Waals surface area contributed by atoms with Gasteiger partial charge in [-0.15, -0.1) is 11.3 Å². The van der Waals surface area contributed by atoms with Gasteiger partial charge in [-0.25, -0.2) is 0 Å². The van der Waals surface area contributed by atoms with Gasteiger partial charge >= 0.3 is 0 Å². The number of aromatic nitrogens is 1. The number of methoxy groups -OCH3 is 1. The molecule has 2 aromatic heterocycles. The maximum atomic E-state index is 13.1. The molecule has 0 atom stereocenters. The van der Waals surface area contributed by atoms with Crippen LogP contribution in [0.2, 0.25) is 0 Å². The average Bonchev–Trinajstić information content (AvgIpc) is 3.12. The first kappa shape index (κ1) is 19.1. The van der Waals surface area contributed by atoms with E-state index in [1.165, 1.54) is 22.4 Å². The second-order valence-corrected chi connectivity index (χ2v) is 7.90. The zero-order valence-corrected chi connectivity index (χ0v) is 16.8. The molecule has 29 heavy (non-hydrogen) atoms. The van der Waals surface area contributed by atoms with Crippen LogP contribution in [0, 0.1) is 0 Å². The first-order valence-corrected chi connectivity index (χ1v) is 10.3. The number of hydrogen-bond acceptors (Lipinski definition) is 5. The molecule has 0 radical (unpaired) electrons. The first-order chi connectivity index (χ1) is 14.2. The first-order valence-electron chi connectivity index (χ1n) is 9.47. The Morgan fingerprint density at radius 2 is 1.83 bits per heavy atom. The number of benzene rings is 1. The molecule has 4 rings (SSSR count). The van der Waals surface area contributed by atoms with Crippen molar-refractivity contribution in [3.05, 3.63) is 70.4 Å². The number of aryl methyl sites for hydroxylation is 1. The SMILES string of the molecule is COc1ccc(NC(=O)c2c(NC(=O)c3cccnc3)sc3c2CCCC3)cc1. The van der Waals surface area contributed by atoms with Crippen molar-refractivity contribution in [3.63, 3.8) is 0 Å². The molecule has 2 N–H and O–H groups in total. The lowest BCUT2D eigenvalue weighted by atomic mass is 9.95. The van der Waals surface area contributed by atoms with Crippen molar-refractivity contribution < 1.29 is 14.3 Å². The number of anilines is 2. The number of carbonyl (C=O) groups is 2. The largest absolute Gasteiger partial charge is 0.497 e. The van der Waals surface area contributed by atoms with Crippen LogP contribution in [0.5, 0.6) is 5.75 Å². The molecule has 1 aliphatic rings. The molecule has 2 amide bonds. The van der Waals surface area contributed by atoms with Gasteiger partial charge in [-0.05, 0) is 67.6 Å². The molecule has 0 saturated heterocycles. The van der Waals surface area contributed by atoms with E-state index in [0.29, 0.717) is 21.8 Å². The van der Waals surface area contributed by atoms with Gasteiger partial charge < -0.3 is 15.4 Å². The van der Waals surface area contributed by atoms with Crippen LogP contribution in [-0.4, -0.2) is 23.9 Å². The number of amides is 2. The number of ether oxygens (including phenoxy) is 1. The molecule has 7 heteroatoms. The van der Waals surface area contributed by atoms with Crippen LogP contribution in [0.4, 0.5) is 10.7 Å². The Bertz CT molecular complexity index is 1030. The van der Waals surface area contributed by atoms with Crippen molar-refractivity contribution in [1.82, 2.24) is 4.98 Å². The molecule has 0 bridgehead atoms. The highest BCUT2D eigenvalue weighted by Crippen LogP contribution is 2.38. The van der Waals surface area contributed by atoms with E-state index in [1.54, 1.807) is 49.7 Å². The van der Waals surface area contributed by atoms with Crippen molar-refractivity contribution >= 4 is 33.8 Å². The Morgan fingerprint density at radius 3 is 2.55 bits per heavy atom. The van der Waals surface area contributed by atoms with E-state index in [2.05, 4.69) is 15.6 Å². The second kappa shape index (κ2) is 8.45. The summed E-state index contributed by atoms with van der Waals surface area (Å²) in [5.74, 6) is 0.242. The fourth-order valence-electron chi connectivity index (χ4n) is 3.43. The Hall–Kier alpha value is -3.19. The maximum Gasteiger partial charge on any atom is 0.258 e. The molecular weight excluding hydrogens is 386 g/mol. The minimum absolute atomic E-state index is 0.212. The molecule has 0 aliphatic heterocycles. The van der Waals surface area contributed by atoms with Crippen LogP contribution >= 0.6 is 11.3 Å². The molecule has 1 aromatic carbocycles. The van der Waals surface area contributed by atoms with Crippen molar-refractivity contribution in [2.24, 2.45) is 0 Å². The monoisotopic (exact) mass is 407 g/mol. The molecule has 0 spiro atoms. The highest BCUT2D eigenvalue weighted by molar-refractivity contribution is 7.17. The number of pyridine rings is 1. The normalized spacial score (nSPS) is 12.7. The van der Waals surface area contributed by atoms with Crippen LogP contribution in [-0.2, 0) is 12.8 Å². The molecule has 6 nitrogen and oxygen atoms in total. The van der Waals surface area contributed by atoms with Gasteiger partial charge in [-0.1, -0.05) is 0 Å². The molecule has 0 saturated carbocycles. The number of fused-ring (bicyclic) bond motifs is 1. The van der Waals surface area contributed by atoms with Gasteiger partial charge in [-0.2, -0.15) is 0 Å². The lowest BCUT2D eigenvalue weighted by Gasteiger charge is -2.13. The number of rotatable bonds is 5. The number of nitrogens with one attached hydrogen (secondary N) is 2. The van der Waals surface area contributed by atoms with E-state index < -0.39 is 0 Å². The van der Waals surface area contributed by atoms with Crippen LogP contribution < -0.4 is 15.4 Å². The van der Waals surface area contributed by atoms with Crippen LogP contribution in [0.15, 0.2) is 48.8 Å². The smallest absolute Gasteiger partial charge is 0.258 e. The summed E-state index contributed by atoms with van der Waals surface area (Å²) in [5, 5.41) is 6.47. The average molecular weight is 407 g/mol. The molecule has 148 valence electrons. The maximum absolute atomic E-state index is 13.1. The second-order valence-electron chi connectivity index (χ2n) is 6.79. The molecule has 0 fully saturated rings. The number of hydrogen-bond donors (Lipinski definition) is 2. The minimum Gasteiger partial charge on any atom is -0.497 e. The van der Waals surface area contributed by atoms with Gasteiger partial charge in [0.2, 0.25) is 0 Å². The summed E-state index contributed by atoms with van der Waals surface area (Å²) < 4.78 is 5.16. The summed E-state index contributed by atoms with van der Waals surface area (Å²) in [6, 6.07) is 10.6. The van der Waals surface area contributed by atoms with E-state index in [9.17, 15) is 9.59 Å². The van der Waals surface area contributed by atoms with Gasteiger partial charge in [0.05, 0.1) is 18.2 Å². The van der Waals surface area contributed by atoms with E-state index in [0.717, 1.165) is 37.0 Å². The third-order valence-electron chi connectivity index (χ3n) is 4.90. The van der Waals surface area contributed by atoms with Crippen LogP contribution in [0.25, 0.3) is 0 Å². The lowest BCUT2D eigenvalue weighted by molar-refractivity contribution is 0.102. The molecule has 1 aliphatic carbocycles. The Kier molecular flexibility index (Phi) is 5.57. The van der Waals surface area contributed by atoms with E-state index in [-0.39, 0.29) is 11.8 Å². The standard InChI is InChI=1S/C22H21N3O3S/c1-28-16-10-8-15(9-11-16)24-21(27)19-17-6-2-3-7-18(17)29-22(19)25-20(26)14-5-4-12-23-13-14/h4-5,8-13H,2-3,6-7H2,1H3,(H,24,27)(H,25,26). The summed E-state index contributed by atoms with van der Waals surface area (Å²) in [5.41, 5.74) is 2.75. The zero-order valence-electron chi connectivity index (χ0n) is 16.0. The lowest BCUT2D eigenvalue weighted by Crippen LogP contribution is -2.18. The summed E-state index contributed by atoms with van der Waals surface area (Å²) in [6.45, 7) is 0. The molecular formula is C22H21N3O3S. The predicted octanol–water partition coefficient (Wildman–Crippen LogP) is 4.54. The van der Waals surface area contributed by atoms with Gasteiger partial charge in [0.25, 0.3) is 11.8 Å². The van der Waals surface area contributed by atoms with Crippen molar-refractivity contribution in [2.75, 3.05) is 17.7 Å². The molecule has 0 unspecified atom stereocenters. The fraction of sp³-hybridized carbons (Fsp3) is 0.227. The highest BCUT2D eigenvalue weighted by atomic mass is 32.1. The highest BCUT2D eigenvalue weighted by Gasteiger charge is 2.26. The number of carbonyl (C=O) groups excluding carboxylic acids is 2. The van der Waals surface area contributed by atoms with Gasteiger partial charge in [0.1, 0.15) is 10.8 Å². The van der Waals surface area contributed by atoms with Gasteiger partial charge in [-0.3, -0.25) is 14.6 Å². The number of thiophene rings is 1. The van der Waals surface area contributed by atoms with Crippen LogP contribution in [0.1, 0.15) is 44.0 Å². The van der Waals surface area contributed by atoms with E-state index >= 15 is 0 Å². The Labute approximate surface area is 172 Å². The zero-order chi connectivity index (χ0) is 20.2. The van der Waals surface area contributed by atoms with Gasteiger partial charge in [0, 0.05) is 23.0 Å². The van der Waals surface area contributed by atoms with Crippen molar-refractivity contribution in [3.8, 4) is 5.75 Å². The summed E-state index contributed by atoms with van der Waals surface area (Å²) in [6.07, 6.45) is 7.06. The van der Waals surface area contributed by atoms with Crippen molar-refractivity contribution in [1.29, 1.82) is 0 Å². The Balaban J connectivity index is 1.62. The predicted molar refractivity (Wildman–Crippen MR) is 114 cm³/mol. The Morgan fingerprint density at radius 1 is 1.03 bits per heavy atom. The van der Waals surface area contributed by atoms with Crippen molar-refractivity contribution in [2.45, 2.75) is 25.7 Å². The quantitative estimate of drug-likeness (QED) is 0.651. The van der Waals surface area contributed by atoms with E-state index in [4.69, 9.17) is 4.74 Å². The number of nitrogens with zero attached hydrogens (tertiary/aromatic N) is 1.